The zero-order valence-corrected chi connectivity index (χ0v) is 11.5. The van der Waals surface area contributed by atoms with E-state index in [0.29, 0.717) is 11.9 Å². The molecule has 18 heavy (non-hydrogen) atoms. The summed E-state index contributed by atoms with van der Waals surface area (Å²) in [6.45, 7) is 6.17. The predicted molar refractivity (Wildman–Crippen MR) is 76.2 cm³/mol. The second-order valence-electron chi connectivity index (χ2n) is 4.37. The van der Waals surface area contributed by atoms with Crippen LogP contribution in [0.5, 0.6) is 0 Å². The lowest BCUT2D eigenvalue weighted by Crippen LogP contribution is -2.02. The quantitative estimate of drug-likeness (QED) is 0.677. The Morgan fingerprint density at radius 1 is 1.44 bits per heavy atom. The van der Waals surface area contributed by atoms with E-state index in [1.807, 2.05) is 29.8 Å². The van der Waals surface area contributed by atoms with E-state index in [2.05, 4.69) is 28.9 Å². The van der Waals surface area contributed by atoms with Crippen molar-refractivity contribution in [3.63, 3.8) is 0 Å². The topological polar surface area (TPSA) is 46.0 Å². The number of hydrogen-bond acceptors (Lipinski definition) is 3. The maximum atomic E-state index is 5.42. The molecule has 4 nitrogen and oxygen atoms in total. The summed E-state index contributed by atoms with van der Waals surface area (Å²) >= 11 is 5.42. The molecule has 0 aliphatic heterocycles. The van der Waals surface area contributed by atoms with Gasteiger partial charge in [-0.15, -0.1) is 0 Å². The average Bonchev–Trinajstić information content (AvgIpc) is 2.64. The van der Waals surface area contributed by atoms with Crippen molar-refractivity contribution in [1.82, 2.24) is 14.8 Å². The van der Waals surface area contributed by atoms with Crippen LogP contribution in [0.25, 0.3) is 0 Å². The van der Waals surface area contributed by atoms with E-state index in [1.54, 1.807) is 12.4 Å². The van der Waals surface area contributed by atoms with Crippen molar-refractivity contribution in [2.24, 2.45) is 4.99 Å². The maximum Gasteiger partial charge on any atom is 0.151 e. The monoisotopic (exact) mass is 260 g/mol. The summed E-state index contributed by atoms with van der Waals surface area (Å²) in [4.78, 5) is 8.48. The Kier molecular flexibility index (Phi) is 3.72. The molecule has 2 heterocycles. The minimum atomic E-state index is 0.313. The number of aromatic nitrogens is 3. The van der Waals surface area contributed by atoms with Gasteiger partial charge in [0, 0.05) is 29.7 Å². The van der Waals surface area contributed by atoms with Crippen LogP contribution in [0.1, 0.15) is 31.1 Å². The van der Waals surface area contributed by atoms with Crippen LogP contribution in [0.15, 0.2) is 29.4 Å². The largest absolute Gasteiger partial charge is 0.301 e. The second kappa shape index (κ2) is 5.27. The molecule has 0 amide bonds. The fourth-order valence-electron chi connectivity index (χ4n) is 1.66. The van der Waals surface area contributed by atoms with Gasteiger partial charge < -0.3 is 5.10 Å². The van der Waals surface area contributed by atoms with Crippen LogP contribution < -0.4 is 0 Å². The van der Waals surface area contributed by atoms with Crippen LogP contribution >= 0.6 is 12.2 Å². The number of aliphatic imine (C=N–C) groups is 1. The molecule has 0 aromatic carbocycles. The van der Waals surface area contributed by atoms with Gasteiger partial charge >= 0.3 is 0 Å². The zero-order chi connectivity index (χ0) is 13.1. The van der Waals surface area contributed by atoms with Crippen LogP contribution in [0, 0.1) is 11.6 Å². The summed E-state index contributed by atoms with van der Waals surface area (Å²) in [5.41, 5.74) is 1.97. The van der Waals surface area contributed by atoms with Crippen LogP contribution in [-0.4, -0.2) is 21.0 Å². The van der Waals surface area contributed by atoms with Crippen molar-refractivity contribution < 1.29 is 0 Å². The van der Waals surface area contributed by atoms with Gasteiger partial charge in [-0.1, -0.05) is 18.3 Å². The highest BCUT2D eigenvalue weighted by atomic mass is 32.1. The third-order valence-corrected chi connectivity index (χ3v) is 3.05. The van der Waals surface area contributed by atoms with Crippen molar-refractivity contribution in [3.8, 4) is 0 Å². The molecule has 0 saturated heterocycles. The highest BCUT2D eigenvalue weighted by molar-refractivity contribution is 7.71. The molecular weight excluding hydrogens is 244 g/mol. The summed E-state index contributed by atoms with van der Waals surface area (Å²) in [6.07, 6.45) is 3.49. The Morgan fingerprint density at radius 3 is 2.78 bits per heavy atom. The summed E-state index contributed by atoms with van der Waals surface area (Å²) in [6, 6.07) is 5.95. The minimum absolute atomic E-state index is 0.313. The fourth-order valence-corrected chi connectivity index (χ4v) is 2.12. The normalized spacial score (nSPS) is 11.6. The van der Waals surface area contributed by atoms with Crippen LogP contribution in [0.2, 0.25) is 0 Å². The summed E-state index contributed by atoms with van der Waals surface area (Å²) in [5, 5.41) is 3.25. The van der Waals surface area contributed by atoms with Crippen LogP contribution in [-0.2, 0) is 0 Å². The molecule has 5 heteroatoms. The lowest BCUT2D eigenvalue weighted by Gasteiger charge is -2.05. The number of aryl methyl sites for hydroxylation is 1. The van der Waals surface area contributed by atoms with Gasteiger partial charge in [0.2, 0.25) is 0 Å². The van der Waals surface area contributed by atoms with Crippen molar-refractivity contribution in [2.75, 3.05) is 0 Å². The first-order valence-electron chi connectivity index (χ1n) is 5.86. The predicted octanol–water partition coefficient (Wildman–Crippen LogP) is 3.58. The van der Waals surface area contributed by atoms with E-state index in [9.17, 15) is 0 Å². The molecule has 0 radical (unpaired) electrons. The second-order valence-corrected chi connectivity index (χ2v) is 4.75. The summed E-state index contributed by atoms with van der Waals surface area (Å²) < 4.78 is 2.74. The van der Waals surface area contributed by atoms with Crippen molar-refractivity contribution in [3.05, 3.63) is 40.3 Å². The van der Waals surface area contributed by atoms with E-state index in [0.717, 1.165) is 15.9 Å². The van der Waals surface area contributed by atoms with E-state index in [-0.39, 0.29) is 0 Å². The maximum absolute atomic E-state index is 5.42. The smallest absolute Gasteiger partial charge is 0.151 e. The van der Waals surface area contributed by atoms with Gasteiger partial charge in [0.1, 0.15) is 4.64 Å². The summed E-state index contributed by atoms with van der Waals surface area (Å²) in [5.74, 6) is 0.684. The van der Waals surface area contributed by atoms with Gasteiger partial charge in [-0.3, -0.25) is 4.68 Å². The molecule has 0 atom stereocenters. The number of H-pyrrole nitrogens is 1. The van der Waals surface area contributed by atoms with Crippen LogP contribution in [0.4, 0.5) is 5.82 Å². The third kappa shape index (κ3) is 2.56. The molecule has 2 aromatic rings. The van der Waals surface area contributed by atoms with Gasteiger partial charge in [-0.2, -0.15) is 0 Å². The number of pyridine rings is 1. The first kappa shape index (κ1) is 12.7. The Hall–Kier alpha value is -1.75. The highest BCUT2D eigenvalue weighted by Gasteiger charge is 2.07. The molecule has 0 fully saturated rings. The first-order chi connectivity index (χ1) is 8.59. The summed E-state index contributed by atoms with van der Waals surface area (Å²) in [7, 11) is 0. The van der Waals surface area contributed by atoms with E-state index in [4.69, 9.17) is 12.2 Å². The third-order valence-electron chi connectivity index (χ3n) is 2.63. The van der Waals surface area contributed by atoms with Gasteiger partial charge in [-0.25, -0.2) is 9.98 Å². The molecular formula is C13H16N4S. The molecule has 2 aromatic heterocycles. The van der Waals surface area contributed by atoms with Crippen LogP contribution in [0.3, 0.4) is 0 Å². The van der Waals surface area contributed by atoms with E-state index in [1.165, 1.54) is 0 Å². The number of nitrogens with zero attached hydrogens (tertiary/aromatic N) is 3. The van der Waals surface area contributed by atoms with Crippen molar-refractivity contribution >= 4 is 24.3 Å². The highest BCUT2D eigenvalue weighted by Crippen LogP contribution is 2.13. The number of hydrogen-bond donors (Lipinski definition) is 1. The Morgan fingerprint density at radius 2 is 2.22 bits per heavy atom. The van der Waals surface area contributed by atoms with Crippen molar-refractivity contribution in [2.45, 2.75) is 26.8 Å². The molecule has 94 valence electrons. The van der Waals surface area contributed by atoms with Gasteiger partial charge in [-0.05, 0) is 32.9 Å². The molecule has 0 aliphatic rings. The number of rotatable bonds is 3. The van der Waals surface area contributed by atoms with E-state index >= 15 is 0 Å². The SMILES string of the molecule is Cc1[nH]n(C(C)C)c(=S)c1/C=N/c1ccccn1. The molecule has 0 saturated carbocycles. The fraction of sp³-hybridized carbons (Fsp3) is 0.308. The average molecular weight is 260 g/mol. The molecule has 0 unspecified atom stereocenters. The standard InChI is InChI=1S/C13H16N4S/c1-9(2)17-13(18)11(10(3)16-17)8-15-12-6-4-5-7-14-12/h4-9,16H,1-3H3/b15-8+. The Labute approximate surface area is 111 Å². The van der Waals surface area contributed by atoms with Crippen molar-refractivity contribution in [1.29, 1.82) is 0 Å². The molecule has 0 bridgehead atoms. The lowest BCUT2D eigenvalue weighted by molar-refractivity contribution is 0.523. The number of nitrogens with one attached hydrogen (secondary N) is 1. The van der Waals surface area contributed by atoms with Gasteiger partial charge in [0.25, 0.3) is 0 Å². The van der Waals surface area contributed by atoms with Gasteiger partial charge in [0.05, 0.1) is 0 Å². The zero-order valence-electron chi connectivity index (χ0n) is 10.7. The van der Waals surface area contributed by atoms with Gasteiger partial charge in [0.15, 0.2) is 5.82 Å². The number of aromatic amines is 1. The van der Waals surface area contributed by atoms with E-state index < -0.39 is 0 Å². The molecule has 0 spiro atoms. The Balaban J connectivity index is 2.36. The molecule has 0 aliphatic carbocycles. The Bertz CT molecular complexity index is 608. The first-order valence-corrected chi connectivity index (χ1v) is 6.26. The minimum Gasteiger partial charge on any atom is -0.301 e. The lowest BCUT2D eigenvalue weighted by atomic mass is 10.3. The molecule has 1 N–H and O–H groups in total. The molecule has 2 rings (SSSR count).